The Balaban J connectivity index is 1.92. The summed E-state index contributed by atoms with van der Waals surface area (Å²) in [4.78, 5) is 29.4. The molecule has 0 bridgehead atoms. The number of morpholine rings is 2. The zero-order valence-electron chi connectivity index (χ0n) is 15.9. The summed E-state index contributed by atoms with van der Waals surface area (Å²) >= 11 is 0. The summed E-state index contributed by atoms with van der Waals surface area (Å²) in [6.07, 6.45) is -0.719. The molecule has 0 aliphatic carbocycles. The molecule has 0 spiro atoms. The first-order valence-electron chi connectivity index (χ1n) is 9.30. The van der Waals surface area contributed by atoms with Gasteiger partial charge in [-0.2, -0.15) is 0 Å². The highest BCUT2D eigenvalue weighted by atomic mass is 16.5. The second-order valence-corrected chi connectivity index (χ2v) is 7.48. The lowest BCUT2D eigenvalue weighted by atomic mass is 9.95. The Labute approximate surface area is 155 Å². The van der Waals surface area contributed by atoms with Gasteiger partial charge in [0.25, 0.3) is 5.91 Å². The Bertz CT molecular complexity index is 638. The topological polar surface area (TPSA) is 59.1 Å². The minimum atomic E-state index is -0.699. The maximum absolute atomic E-state index is 13.3. The summed E-state index contributed by atoms with van der Waals surface area (Å²) < 4.78 is 11.5. The number of ether oxygens (including phenoxy) is 2. The van der Waals surface area contributed by atoms with Crippen molar-refractivity contribution in [2.45, 2.75) is 58.1 Å². The van der Waals surface area contributed by atoms with Crippen LogP contribution < -0.4 is 0 Å². The Morgan fingerprint density at radius 2 is 1.73 bits per heavy atom. The van der Waals surface area contributed by atoms with Crippen molar-refractivity contribution in [3.8, 4) is 0 Å². The first kappa shape index (κ1) is 18.9. The molecule has 1 aromatic carbocycles. The molecule has 0 saturated carbocycles. The highest BCUT2D eigenvalue weighted by molar-refractivity contribution is 5.86. The lowest BCUT2D eigenvalue weighted by Gasteiger charge is -2.45. The first-order valence-corrected chi connectivity index (χ1v) is 9.30. The average molecular weight is 360 g/mol. The molecule has 6 heteroatoms. The van der Waals surface area contributed by atoms with E-state index in [1.54, 1.807) is 4.90 Å². The standard InChI is InChI=1S/C20H28N2O4/c1-13(2)22-17(23)12-25-19(18(22)16-8-6-5-7-9-16)20(24)21-10-14(3)26-15(4)11-21/h5-9,13-15,18-19H,10-12H2,1-4H3. The summed E-state index contributed by atoms with van der Waals surface area (Å²) in [6, 6.07) is 9.24. The van der Waals surface area contributed by atoms with Crippen molar-refractivity contribution in [1.29, 1.82) is 0 Å². The summed E-state index contributed by atoms with van der Waals surface area (Å²) in [5, 5.41) is 0. The lowest BCUT2D eigenvalue weighted by Crippen LogP contribution is -2.59. The molecule has 4 atom stereocenters. The smallest absolute Gasteiger partial charge is 0.254 e. The van der Waals surface area contributed by atoms with E-state index in [1.165, 1.54) is 0 Å². The van der Waals surface area contributed by atoms with Crippen LogP contribution in [0.15, 0.2) is 30.3 Å². The third kappa shape index (κ3) is 3.76. The molecular formula is C20H28N2O4. The average Bonchev–Trinajstić information content (AvgIpc) is 2.60. The summed E-state index contributed by atoms with van der Waals surface area (Å²) in [6.45, 7) is 8.90. The van der Waals surface area contributed by atoms with E-state index in [0.717, 1.165) is 5.56 Å². The highest BCUT2D eigenvalue weighted by Gasteiger charge is 2.45. The molecule has 26 heavy (non-hydrogen) atoms. The van der Waals surface area contributed by atoms with Crippen LogP contribution in [0, 0.1) is 0 Å². The van der Waals surface area contributed by atoms with Crippen molar-refractivity contribution in [1.82, 2.24) is 9.80 Å². The molecule has 0 aromatic heterocycles. The largest absolute Gasteiger partial charge is 0.372 e. The maximum atomic E-state index is 13.3. The molecule has 2 fully saturated rings. The van der Waals surface area contributed by atoms with Crippen molar-refractivity contribution in [2.24, 2.45) is 0 Å². The minimum absolute atomic E-state index is 0.00991. The Morgan fingerprint density at radius 3 is 2.31 bits per heavy atom. The monoisotopic (exact) mass is 360 g/mol. The molecule has 2 saturated heterocycles. The van der Waals surface area contributed by atoms with Crippen LogP contribution in [0.25, 0.3) is 0 Å². The maximum Gasteiger partial charge on any atom is 0.254 e. The van der Waals surface area contributed by atoms with Gasteiger partial charge in [-0.05, 0) is 33.3 Å². The lowest BCUT2D eigenvalue weighted by molar-refractivity contribution is -0.177. The fourth-order valence-electron chi connectivity index (χ4n) is 3.97. The molecule has 3 rings (SSSR count). The van der Waals surface area contributed by atoms with Crippen molar-refractivity contribution in [2.75, 3.05) is 19.7 Å². The van der Waals surface area contributed by atoms with Gasteiger partial charge in [-0.3, -0.25) is 9.59 Å². The third-order valence-electron chi connectivity index (χ3n) is 4.93. The molecule has 2 amide bonds. The number of carbonyl (C=O) groups is 2. The van der Waals surface area contributed by atoms with Gasteiger partial charge < -0.3 is 19.3 Å². The van der Waals surface area contributed by atoms with E-state index >= 15 is 0 Å². The second kappa shape index (κ2) is 7.76. The van der Waals surface area contributed by atoms with Gasteiger partial charge in [-0.15, -0.1) is 0 Å². The molecule has 0 N–H and O–H groups in total. The van der Waals surface area contributed by atoms with Gasteiger partial charge in [0.05, 0.1) is 18.2 Å². The van der Waals surface area contributed by atoms with E-state index < -0.39 is 12.1 Å². The number of hydrogen-bond donors (Lipinski definition) is 0. The number of nitrogens with zero attached hydrogens (tertiary/aromatic N) is 2. The quantitative estimate of drug-likeness (QED) is 0.827. The Kier molecular flexibility index (Phi) is 5.63. The number of hydrogen-bond acceptors (Lipinski definition) is 4. The zero-order valence-corrected chi connectivity index (χ0v) is 15.9. The van der Waals surface area contributed by atoms with Crippen LogP contribution in [0.4, 0.5) is 0 Å². The van der Waals surface area contributed by atoms with E-state index in [4.69, 9.17) is 9.47 Å². The van der Waals surface area contributed by atoms with Gasteiger partial charge in [0.1, 0.15) is 6.61 Å². The van der Waals surface area contributed by atoms with Crippen molar-refractivity contribution in [3.05, 3.63) is 35.9 Å². The van der Waals surface area contributed by atoms with E-state index in [2.05, 4.69) is 0 Å². The van der Waals surface area contributed by atoms with Crippen LogP contribution >= 0.6 is 0 Å². The second-order valence-electron chi connectivity index (χ2n) is 7.48. The Morgan fingerprint density at radius 1 is 1.12 bits per heavy atom. The highest BCUT2D eigenvalue weighted by Crippen LogP contribution is 2.33. The molecule has 1 aromatic rings. The van der Waals surface area contributed by atoms with Crippen molar-refractivity contribution >= 4 is 11.8 Å². The van der Waals surface area contributed by atoms with E-state index in [0.29, 0.717) is 13.1 Å². The molecule has 6 nitrogen and oxygen atoms in total. The predicted octanol–water partition coefficient (Wildman–Crippen LogP) is 2.00. The molecule has 4 unspecified atom stereocenters. The van der Waals surface area contributed by atoms with Gasteiger partial charge in [0.15, 0.2) is 6.10 Å². The molecule has 2 aliphatic heterocycles. The van der Waals surface area contributed by atoms with Gasteiger partial charge in [0.2, 0.25) is 5.91 Å². The van der Waals surface area contributed by atoms with E-state index in [9.17, 15) is 9.59 Å². The first-order chi connectivity index (χ1) is 12.4. The Hall–Kier alpha value is -1.92. The van der Waals surface area contributed by atoms with Crippen LogP contribution in [-0.2, 0) is 19.1 Å². The molecule has 2 heterocycles. The van der Waals surface area contributed by atoms with Gasteiger partial charge in [-0.1, -0.05) is 30.3 Å². The van der Waals surface area contributed by atoms with Crippen LogP contribution in [0.2, 0.25) is 0 Å². The van der Waals surface area contributed by atoms with Crippen molar-refractivity contribution < 1.29 is 19.1 Å². The number of benzene rings is 1. The van der Waals surface area contributed by atoms with Crippen LogP contribution in [-0.4, -0.2) is 65.7 Å². The summed E-state index contributed by atoms with van der Waals surface area (Å²) in [7, 11) is 0. The molecule has 2 aliphatic rings. The van der Waals surface area contributed by atoms with Crippen LogP contribution in [0.5, 0.6) is 0 Å². The SMILES string of the molecule is CC1CN(C(=O)C2OCC(=O)N(C(C)C)C2c2ccccc2)CC(C)O1. The fourth-order valence-corrected chi connectivity index (χ4v) is 3.97. The third-order valence-corrected chi connectivity index (χ3v) is 4.93. The molecular weight excluding hydrogens is 332 g/mol. The van der Waals surface area contributed by atoms with Crippen molar-refractivity contribution in [3.63, 3.8) is 0 Å². The van der Waals surface area contributed by atoms with Crippen LogP contribution in [0.3, 0.4) is 0 Å². The zero-order chi connectivity index (χ0) is 18.8. The van der Waals surface area contributed by atoms with Crippen LogP contribution in [0.1, 0.15) is 39.3 Å². The van der Waals surface area contributed by atoms with E-state index in [-0.39, 0.29) is 36.7 Å². The summed E-state index contributed by atoms with van der Waals surface area (Å²) in [5.41, 5.74) is 0.918. The molecule has 142 valence electrons. The van der Waals surface area contributed by atoms with Gasteiger partial charge in [-0.25, -0.2) is 0 Å². The van der Waals surface area contributed by atoms with Gasteiger partial charge >= 0.3 is 0 Å². The fraction of sp³-hybridized carbons (Fsp3) is 0.600. The minimum Gasteiger partial charge on any atom is -0.372 e. The molecule has 0 radical (unpaired) electrons. The normalized spacial score (nSPS) is 30.0. The number of amides is 2. The summed E-state index contributed by atoms with van der Waals surface area (Å²) in [5.74, 6) is -0.152. The number of carbonyl (C=O) groups excluding carboxylic acids is 2. The predicted molar refractivity (Wildman–Crippen MR) is 97.5 cm³/mol. The van der Waals surface area contributed by atoms with Gasteiger partial charge in [0, 0.05) is 19.1 Å². The number of rotatable bonds is 3. The van der Waals surface area contributed by atoms with E-state index in [1.807, 2.05) is 62.9 Å².